The summed E-state index contributed by atoms with van der Waals surface area (Å²) in [5.74, 6) is -8.01. The maximum atomic E-state index is 13.9. The predicted molar refractivity (Wildman–Crippen MR) is 129 cm³/mol. The molecule has 0 saturated heterocycles. The highest BCUT2D eigenvalue weighted by molar-refractivity contribution is 6.10. The van der Waals surface area contributed by atoms with Gasteiger partial charge in [-0.2, -0.15) is 22.0 Å². The lowest BCUT2D eigenvalue weighted by atomic mass is 9.93. The number of benzene rings is 5. The Labute approximate surface area is 196 Å². The van der Waals surface area contributed by atoms with Gasteiger partial charge in [-0.15, -0.1) is 0 Å². The molecule has 0 amide bonds. The lowest BCUT2D eigenvalue weighted by molar-refractivity contribution is -0.258. The van der Waals surface area contributed by atoms with Crippen molar-refractivity contribution in [2.24, 2.45) is 0 Å². The second-order valence-corrected chi connectivity index (χ2v) is 8.35. The summed E-state index contributed by atoms with van der Waals surface area (Å²) < 4.78 is 77.6. The zero-order valence-corrected chi connectivity index (χ0v) is 18.2. The van der Waals surface area contributed by atoms with Crippen LogP contribution in [0.25, 0.3) is 44.2 Å². The number of allylic oxidation sites excluding steroid dienone is 1. The van der Waals surface area contributed by atoms with E-state index in [9.17, 15) is 26.3 Å². The summed E-state index contributed by atoms with van der Waals surface area (Å²) in [5.41, 5.74) is 2.81. The van der Waals surface area contributed by atoms with Crippen molar-refractivity contribution in [1.29, 1.82) is 0 Å². The first-order valence-corrected chi connectivity index (χ1v) is 10.9. The number of hydrogen-bond donors (Lipinski definition) is 0. The minimum Gasteiger partial charge on any atom is -0.204 e. The van der Waals surface area contributed by atoms with E-state index in [4.69, 9.17) is 0 Å². The molecule has 1 aliphatic rings. The fraction of sp³-hybridized carbons (Fsp3) is 0.103. The Morgan fingerprint density at radius 3 is 1.89 bits per heavy atom. The number of hydrogen-bond acceptors (Lipinski definition) is 0. The molecule has 176 valence electrons. The van der Waals surface area contributed by atoms with Gasteiger partial charge in [0.15, 0.2) is 5.83 Å². The normalized spacial score (nSPS) is 14.2. The first kappa shape index (κ1) is 23.0. The molecule has 0 radical (unpaired) electrons. The summed E-state index contributed by atoms with van der Waals surface area (Å²) in [4.78, 5) is 0. The van der Waals surface area contributed by atoms with E-state index < -0.39 is 23.1 Å². The summed E-state index contributed by atoms with van der Waals surface area (Å²) in [5, 5.41) is 3.81. The molecule has 6 rings (SSSR count). The van der Waals surface area contributed by atoms with E-state index in [1.165, 1.54) is 40.1 Å². The zero-order valence-electron chi connectivity index (χ0n) is 18.2. The van der Waals surface area contributed by atoms with Gasteiger partial charge < -0.3 is 0 Å². The van der Waals surface area contributed by atoms with Crippen LogP contribution in [-0.2, 0) is 6.42 Å². The van der Waals surface area contributed by atoms with Crippen molar-refractivity contribution in [3.8, 4) is 0 Å². The summed E-state index contributed by atoms with van der Waals surface area (Å²) in [6.45, 7) is 0. The van der Waals surface area contributed by atoms with Crippen molar-refractivity contribution in [1.82, 2.24) is 0 Å². The highest BCUT2D eigenvalue weighted by Gasteiger charge is 2.61. The van der Waals surface area contributed by atoms with Crippen molar-refractivity contribution in [2.45, 2.75) is 18.5 Å². The maximum absolute atomic E-state index is 13.9. The smallest absolute Gasteiger partial charge is 0.204 e. The van der Waals surface area contributed by atoms with Gasteiger partial charge in [-0.05, 0) is 49.9 Å². The number of alkyl halides is 5. The molecule has 0 aromatic heterocycles. The molecule has 5 aromatic carbocycles. The molecule has 0 bridgehead atoms. The molecular weight excluding hydrogens is 462 g/mol. The molecule has 0 saturated carbocycles. The van der Waals surface area contributed by atoms with Crippen LogP contribution in [0.4, 0.5) is 26.3 Å². The third-order valence-corrected chi connectivity index (χ3v) is 6.18. The Bertz CT molecular complexity index is 1620. The van der Waals surface area contributed by atoms with Gasteiger partial charge in [0.1, 0.15) is 0 Å². The predicted octanol–water partition coefficient (Wildman–Crippen LogP) is 8.40. The average molecular weight is 480 g/mol. The molecule has 1 aliphatic carbocycles. The number of halogens is 6. The van der Waals surface area contributed by atoms with Crippen LogP contribution in [0.1, 0.15) is 11.1 Å². The molecule has 0 N–H and O–H groups in total. The summed E-state index contributed by atoms with van der Waals surface area (Å²) in [7, 11) is 0. The molecule has 6 heteroatoms. The van der Waals surface area contributed by atoms with E-state index in [1.807, 2.05) is 0 Å². The van der Waals surface area contributed by atoms with Gasteiger partial charge >= 0.3 is 12.1 Å². The summed E-state index contributed by atoms with van der Waals surface area (Å²) in [6.07, 6.45) is -0.455. The lowest BCUT2D eigenvalue weighted by Crippen LogP contribution is -2.38. The monoisotopic (exact) mass is 480 g/mol. The molecule has 0 spiro atoms. The molecule has 0 nitrogen and oxygen atoms in total. The van der Waals surface area contributed by atoms with Gasteiger partial charge in [0.05, 0.1) is 0 Å². The Morgan fingerprint density at radius 1 is 0.629 bits per heavy atom. The van der Waals surface area contributed by atoms with Crippen molar-refractivity contribution >= 4 is 44.2 Å². The van der Waals surface area contributed by atoms with Gasteiger partial charge in [-0.1, -0.05) is 97.1 Å². The minimum atomic E-state index is -5.98. The van der Waals surface area contributed by atoms with Crippen LogP contribution in [0.15, 0.2) is 91.0 Å². The largest absolute Gasteiger partial charge is 0.460 e. The Balaban J connectivity index is 0.000000164. The van der Waals surface area contributed by atoms with Gasteiger partial charge in [-0.25, -0.2) is 4.39 Å². The van der Waals surface area contributed by atoms with E-state index in [0.717, 1.165) is 12.5 Å². The quantitative estimate of drug-likeness (QED) is 0.211. The van der Waals surface area contributed by atoms with E-state index >= 15 is 0 Å². The van der Waals surface area contributed by atoms with E-state index in [2.05, 4.69) is 48.6 Å². The second kappa shape index (κ2) is 8.45. The van der Waals surface area contributed by atoms with Crippen LogP contribution >= 0.6 is 0 Å². The molecule has 0 aliphatic heterocycles. The van der Waals surface area contributed by atoms with E-state index in [-0.39, 0.29) is 5.39 Å². The fourth-order valence-electron chi connectivity index (χ4n) is 4.55. The second-order valence-electron chi connectivity index (χ2n) is 8.35. The van der Waals surface area contributed by atoms with E-state index in [1.54, 1.807) is 24.3 Å². The molecular formula is C29H18F6. The van der Waals surface area contributed by atoms with Crippen LogP contribution in [0.2, 0.25) is 0 Å². The van der Waals surface area contributed by atoms with Gasteiger partial charge in [0.25, 0.3) is 0 Å². The van der Waals surface area contributed by atoms with Gasteiger partial charge in [0, 0.05) is 5.22 Å². The van der Waals surface area contributed by atoms with Crippen LogP contribution in [0, 0.1) is 0 Å². The molecule has 35 heavy (non-hydrogen) atoms. The third kappa shape index (κ3) is 3.93. The summed E-state index contributed by atoms with van der Waals surface area (Å²) in [6, 6.07) is 24.9. The zero-order chi connectivity index (χ0) is 24.8. The third-order valence-electron chi connectivity index (χ3n) is 6.18. The van der Waals surface area contributed by atoms with Gasteiger partial charge in [-0.3, -0.25) is 0 Å². The Hall–Kier alpha value is -3.80. The SMILES string of the molecule is C1=Cc2cccc3cccc(c23)C1.FC(=c1ccc2cccc3cccc1c32)C(F)(F)C(F)(F)F. The average Bonchev–Trinajstić information content (AvgIpc) is 2.85. The molecule has 5 aromatic rings. The fourth-order valence-corrected chi connectivity index (χ4v) is 4.55. The molecule has 0 atom stereocenters. The Kier molecular flexibility index (Phi) is 5.55. The van der Waals surface area contributed by atoms with Crippen molar-refractivity contribution in [3.05, 3.63) is 107 Å². The van der Waals surface area contributed by atoms with Crippen molar-refractivity contribution in [3.63, 3.8) is 0 Å². The topological polar surface area (TPSA) is 0 Å². The van der Waals surface area contributed by atoms with Crippen molar-refractivity contribution < 1.29 is 26.3 Å². The summed E-state index contributed by atoms with van der Waals surface area (Å²) >= 11 is 0. The molecule has 0 unspecified atom stereocenters. The standard InChI is InChI=1S/C16H8F6.C13H10/c17-14(15(18,19)16(20,21)22)12-8-7-10-4-1-3-9-5-2-6-11(12)13(9)10;1-4-10-6-2-8-12-9-3-7-11(5-1)13(10)12/h1-8H;1-8H,9H2. The highest BCUT2D eigenvalue weighted by atomic mass is 19.4. The van der Waals surface area contributed by atoms with Crippen molar-refractivity contribution in [2.75, 3.05) is 0 Å². The maximum Gasteiger partial charge on any atom is 0.460 e. The van der Waals surface area contributed by atoms with Crippen LogP contribution in [0.5, 0.6) is 0 Å². The number of rotatable bonds is 1. The first-order valence-electron chi connectivity index (χ1n) is 10.9. The minimum absolute atomic E-state index is 0.0250. The molecule has 0 heterocycles. The molecule has 0 fully saturated rings. The van der Waals surface area contributed by atoms with Crippen LogP contribution < -0.4 is 5.22 Å². The highest BCUT2D eigenvalue weighted by Crippen LogP contribution is 2.42. The van der Waals surface area contributed by atoms with Gasteiger partial charge in [0.2, 0.25) is 0 Å². The lowest BCUT2D eigenvalue weighted by Gasteiger charge is -2.18. The first-order chi connectivity index (χ1) is 16.7. The van der Waals surface area contributed by atoms with E-state index in [0.29, 0.717) is 16.2 Å². The van der Waals surface area contributed by atoms with Crippen LogP contribution in [-0.4, -0.2) is 12.1 Å². The Morgan fingerprint density at radius 2 is 1.20 bits per heavy atom. The van der Waals surface area contributed by atoms with Crippen LogP contribution in [0.3, 0.4) is 0 Å².